The van der Waals surface area contributed by atoms with Crippen molar-refractivity contribution in [3.8, 4) is 11.3 Å². The number of rotatable bonds is 3. The van der Waals surface area contributed by atoms with Crippen LogP contribution in [-0.2, 0) is 16.1 Å². The molecular weight excluding hydrogens is 402 g/mol. The molecule has 1 aromatic heterocycles. The number of fused-ring (bicyclic) bond motifs is 5. The monoisotopic (exact) mass is 429 g/mol. The maximum absolute atomic E-state index is 12.6. The molecule has 0 bridgehead atoms. The maximum Gasteiger partial charge on any atom is 0.337 e. The number of nitrogens with zero attached hydrogens (tertiary/aromatic N) is 1. The van der Waals surface area contributed by atoms with Crippen molar-refractivity contribution in [3.05, 3.63) is 64.7 Å². The third kappa shape index (κ3) is 3.31. The van der Waals surface area contributed by atoms with Crippen LogP contribution in [0.1, 0.15) is 59.5 Å². The molecule has 164 valence electrons. The average Bonchev–Trinajstić information content (AvgIpc) is 3.05. The molecule has 5 rings (SSSR count). The zero-order valence-corrected chi connectivity index (χ0v) is 18.2. The Morgan fingerprint density at radius 1 is 1.09 bits per heavy atom. The summed E-state index contributed by atoms with van der Waals surface area (Å²) < 4.78 is 7.15. The van der Waals surface area contributed by atoms with Crippen molar-refractivity contribution in [3.63, 3.8) is 0 Å². The summed E-state index contributed by atoms with van der Waals surface area (Å²) in [6.45, 7) is 0.376. The Kier molecular flexibility index (Phi) is 5.31. The normalized spacial score (nSPS) is 16.0. The van der Waals surface area contributed by atoms with Gasteiger partial charge in [-0.15, -0.1) is 0 Å². The lowest BCUT2D eigenvalue weighted by molar-refractivity contribution is -0.117. The summed E-state index contributed by atoms with van der Waals surface area (Å²) in [7, 11) is 1.39. The molecule has 1 aliphatic carbocycles. The van der Waals surface area contributed by atoms with Gasteiger partial charge in [-0.2, -0.15) is 0 Å². The van der Waals surface area contributed by atoms with E-state index in [0.717, 1.165) is 40.6 Å². The Morgan fingerprint density at radius 2 is 1.88 bits per heavy atom. The number of hydrazine groups is 1. The van der Waals surface area contributed by atoms with Crippen molar-refractivity contribution in [1.82, 2.24) is 9.99 Å². The van der Waals surface area contributed by atoms with Gasteiger partial charge in [-0.1, -0.05) is 49.6 Å². The highest BCUT2D eigenvalue weighted by Gasteiger charge is 2.30. The minimum Gasteiger partial charge on any atom is -0.465 e. The number of nitrogens with two attached hydrogens (primary N) is 1. The average molecular weight is 430 g/mol. The predicted molar refractivity (Wildman–Crippen MR) is 125 cm³/mol. The summed E-state index contributed by atoms with van der Waals surface area (Å²) in [5, 5.41) is 1.14. The first-order valence-electron chi connectivity index (χ1n) is 11.2. The summed E-state index contributed by atoms with van der Waals surface area (Å²) in [6, 6.07) is 14.0. The number of amides is 1. The van der Waals surface area contributed by atoms with Crippen LogP contribution in [0.2, 0.25) is 0 Å². The molecule has 0 saturated heterocycles. The Labute approximate surface area is 187 Å². The SMILES string of the molecule is COC(=O)c1ccc2c(C3CCCCC3)c3n(c2c1)CC(C(=O)NN)=Cc1ccccc1-3. The van der Waals surface area contributed by atoms with Crippen molar-refractivity contribution in [2.24, 2.45) is 5.84 Å². The third-order valence-corrected chi connectivity index (χ3v) is 6.84. The molecule has 3 N–H and O–H groups in total. The topological polar surface area (TPSA) is 86.3 Å². The van der Waals surface area contributed by atoms with E-state index in [-0.39, 0.29) is 11.9 Å². The minimum absolute atomic E-state index is 0.308. The predicted octanol–water partition coefficient (Wildman–Crippen LogP) is 4.53. The number of benzene rings is 2. The number of methoxy groups -OCH3 is 1. The first-order valence-corrected chi connectivity index (χ1v) is 11.2. The Bertz CT molecular complexity index is 1250. The largest absolute Gasteiger partial charge is 0.465 e. The van der Waals surface area contributed by atoms with Gasteiger partial charge in [0.25, 0.3) is 5.91 Å². The van der Waals surface area contributed by atoms with Gasteiger partial charge in [0.1, 0.15) is 0 Å². The summed E-state index contributed by atoms with van der Waals surface area (Å²) >= 11 is 0. The molecule has 6 nitrogen and oxygen atoms in total. The van der Waals surface area contributed by atoms with Gasteiger partial charge in [0, 0.05) is 22.0 Å². The van der Waals surface area contributed by atoms with E-state index in [0.29, 0.717) is 23.6 Å². The zero-order chi connectivity index (χ0) is 22.2. The van der Waals surface area contributed by atoms with E-state index < -0.39 is 0 Å². The van der Waals surface area contributed by atoms with E-state index in [9.17, 15) is 9.59 Å². The summed E-state index contributed by atoms with van der Waals surface area (Å²) in [4.78, 5) is 24.9. The molecule has 0 spiro atoms. The van der Waals surface area contributed by atoms with Crippen molar-refractivity contribution in [1.29, 1.82) is 0 Å². The van der Waals surface area contributed by atoms with Crippen molar-refractivity contribution >= 4 is 28.9 Å². The van der Waals surface area contributed by atoms with E-state index in [1.165, 1.54) is 31.9 Å². The molecule has 1 saturated carbocycles. The highest BCUT2D eigenvalue weighted by Crippen LogP contribution is 2.46. The van der Waals surface area contributed by atoms with Crippen LogP contribution in [0.5, 0.6) is 0 Å². The van der Waals surface area contributed by atoms with Gasteiger partial charge in [0.05, 0.1) is 24.9 Å². The highest BCUT2D eigenvalue weighted by atomic mass is 16.5. The smallest absolute Gasteiger partial charge is 0.337 e. The molecule has 32 heavy (non-hydrogen) atoms. The molecule has 1 amide bonds. The molecule has 0 atom stereocenters. The van der Waals surface area contributed by atoms with Crippen LogP contribution in [0.25, 0.3) is 28.2 Å². The lowest BCUT2D eigenvalue weighted by atomic mass is 9.81. The van der Waals surface area contributed by atoms with E-state index in [4.69, 9.17) is 10.6 Å². The number of esters is 1. The molecule has 2 heterocycles. The van der Waals surface area contributed by atoms with Gasteiger partial charge < -0.3 is 9.30 Å². The number of hydrogen-bond acceptors (Lipinski definition) is 4. The van der Waals surface area contributed by atoms with Crippen molar-refractivity contribution in [2.45, 2.75) is 44.6 Å². The minimum atomic E-state index is -0.369. The van der Waals surface area contributed by atoms with Gasteiger partial charge in [-0.3, -0.25) is 10.2 Å². The van der Waals surface area contributed by atoms with Crippen LogP contribution in [0.4, 0.5) is 0 Å². The summed E-state index contributed by atoms with van der Waals surface area (Å²) in [5.41, 5.74) is 8.87. The first kappa shape index (κ1) is 20.5. The Morgan fingerprint density at radius 3 is 2.62 bits per heavy atom. The fourth-order valence-electron chi connectivity index (χ4n) is 5.35. The Hall–Kier alpha value is -3.38. The van der Waals surface area contributed by atoms with Gasteiger partial charge >= 0.3 is 5.97 Å². The fraction of sp³-hybridized carbons (Fsp3) is 0.308. The van der Waals surface area contributed by atoms with Gasteiger partial charge in [-0.05, 0) is 48.1 Å². The fourth-order valence-corrected chi connectivity index (χ4v) is 5.35. The van der Waals surface area contributed by atoms with E-state index >= 15 is 0 Å². The number of ether oxygens (including phenoxy) is 1. The number of carbonyl (C=O) groups is 2. The zero-order valence-electron chi connectivity index (χ0n) is 18.2. The maximum atomic E-state index is 12.6. The molecule has 2 aliphatic rings. The molecule has 0 unspecified atom stereocenters. The van der Waals surface area contributed by atoms with E-state index in [1.807, 2.05) is 42.5 Å². The van der Waals surface area contributed by atoms with Crippen LogP contribution >= 0.6 is 0 Å². The highest BCUT2D eigenvalue weighted by molar-refractivity contribution is 6.03. The number of carbonyl (C=O) groups excluding carboxylic acids is 2. The van der Waals surface area contributed by atoms with Crippen LogP contribution in [0.15, 0.2) is 48.0 Å². The molecule has 1 fully saturated rings. The molecule has 0 radical (unpaired) electrons. The molecule has 1 aliphatic heterocycles. The van der Waals surface area contributed by atoms with Crippen LogP contribution in [0.3, 0.4) is 0 Å². The summed E-state index contributed by atoms with van der Waals surface area (Å²) in [6.07, 6.45) is 7.93. The van der Waals surface area contributed by atoms with Gasteiger partial charge in [0.2, 0.25) is 0 Å². The number of nitrogens with one attached hydrogen (secondary N) is 1. The quantitative estimate of drug-likeness (QED) is 0.277. The van der Waals surface area contributed by atoms with E-state index in [1.54, 1.807) is 0 Å². The first-order chi connectivity index (χ1) is 15.6. The molecule has 2 aromatic carbocycles. The number of aromatic nitrogens is 1. The second-order valence-corrected chi connectivity index (χ2v) is 8.64. The number of hydrogen-bond donors (Lipinski definition) is 2. The second-order valence-electron chi connectivity index (χ2n) is 8.64. The van der Waals surface area contributed by atoms with Crippen LogP contribution in [-0.4, -0.2) is 23.6 Å². The van der Waals surface area contributed by atoms with Crippen molar-refractivity contribution < 1.29 is 14.3 Å². The lowest BCUT2D eigenvalue weighted by Gasteiger charge is -2.24. The molecule has 3 aromatic rings. The molecule has 6 heteroatoms. The summed E-state index contributed by atoms with van der Waals surface area (Å²) in [5.74, 6) is 5.27. The van der Waals surface area contributed by atoms with Gasteiger partial charge in [0.15, 0.2) is 0 Å². The second kappa shape index (κ2) is 8.28. The van der Waals surface area contributed by atoms with E-state index in [2.05, 4.69) is 16.1 Å². The van der Waals surface area contributed by atoms with Gasteiger partial charge in [-0.25, -0.2) is 10.6 Å². The Balaban J connectivity index is 1.84. The standard InChI is InChI=1S/C26H27N3O3/c1-32-26(31)18-11-12-21-22(14-18)29-15-19(25(30)28-27)13-17-9-5-6-10-20(17)24(29)23(21)16-7-3-2-4-8-16/h5-6,9-14,16H,2-4,7-8,15,27H2,1H3,(H,28,30). The lowest BCUT2D eigenvalue weighted by Crippen LogP contribution is -2.32. The third-order valence-electron chi connectivity index (χ3n) is 6.84. The van der Waals surface area contributed by atoms with Crippen LogP contribution in [0, 0.1) is 0 Å². The van der Waals surface area contributed by atoms with Crippen molar-refractivity contribution in [2.75, 3.05) is 7.11 Å². The molecular formula is C26H27N3O3. The van der Waals surface area contributed by atoms with Crippen LogP contribution < -0.4 is 11.3 Å².